The summed E-state index contributed by atoms with van der Waals surface area (Å²) < 4.78 is 3.94. The van der Waals surface area contributed by atoms with E-state index in [9.17, 15) is 0 Å². The Morgan fingerprint density at radius 2 is 2.15 bits per heavy atom. The van der Waals surface area contributed by atoms with E-state index in [1.54, 1.807) is 11.3 Å². The molecular weight excluding hydrogens is 224 g/mol. The lowest BCUT2D eigenvalue weighted by Crippen LogP contribution is -1.76. The van der Waals surface area contributed by atoms with Crippen molar-refractivity contribution in [1.29, 1.82) is 0 Å². The van der Waals surface area contributed by atoms with E-state index < -0.39 is 0 Å². The van der Waals surface area contributed by atoms with Crippen LogP contribution in [0.4, 0.5) is 0 Å². The maximum Gasteiger partial charge on any atom is 0.234 e. The fourth-order valence-electron chi connectivity index (χ4n) is 1.04. The minimum Gasteiger partial charge on any atom is -0.205 e. The molecule has 0 aliphatic heterocycles. The molecule has 0 unspecified atom stereocenters. The van der Waals surface area contributed by atoms with Crippen LogP contribution in [0.2, 0.25) is 5.28 Å². The van der Waals surface area contributed by atoms with Gasteiger partial charge in [0.25, 0.3) is 0 Å². The van der Waals surface area contributed by atoms with Crippen LogP contribution in [0.15, 0.2) is 5.38 Å². The second-order valence-electron chi connectivity index (χ2n) is 2.70. The predicted molar refractivity (Wildman–Crippen MR) is 57.7 cm³/mol. The monoisotopic (exact) mass is 230 g/mol. The number of rotatable bonds is 1. The van der Waals surface area contributed by atoms with E-state index in [0.717, 1.165) is 10.6 Å². The van der Waals surface area contributed by atoms with Gasteiger partial charge in [-0.3, -0.25) is 0 Å². The van der Waals surface area contributed by atoms with Crippen LogP contribution < -0.4 is 0 Å². The first-order valence-corrected chi connectivity index (χ1v) is 5.76. The minimum absolute atomic E-state index is 0.336. The number of aryl methyl sites for hydroxylation is 1. The highest BCUT2D eigenvalue weighted by molar-refractivity contribution is 7.12. The molecule has 68 valence electrons. The van der Waals surface area contributed by atoms with Crippen LogP contribution in [-0.4, -0.2) is 9.36 Å². The highest BCUT2D eigenvalue weighted by Gasteiger charge is 2.10. The van der Waals surface area contributed by atoms with Crippen LogP contribution in [0.5, 0.6) is 0 Å². The lowest BCUT2D eigenvalue weighted by molar-refractivity contribution is 1.32. The van der Waals surface area contributed by atoms with Crippen molar-refractivity contribution < 1.29 is 0 Å². The Morgan fingerprint density at radius 3 is 2.62 bits per heavy atom. The molecule has 0 fully saturated rings. The summed E-state index contributed by atoms with van der Waals surface area (Å²) >= 11 is 8.74. The summed E-state index contributed by atoms with van der Waals surface area (Å²) in [6, 6.07) is 0. The Bertz CT molecular complexity index is 433. The Kier molecular flexibility index (Phi) is 2.36. The highest BCUT2D eigenvalue weighted by atomic mass is 35.5. The molecule has 0 aliphatic rings. The quantitative estimate of drug-likeness (QED) is 0.749. The van der Waals surface area contributed by atoms with E-state index in [1.165, 1.54) is 22.0 Å². The van der Waals surface area contributed by atoms with E-state index in [-0.39, 0.29) is 0 Å². The van der Waals surface area contributed by atoms with Gasteiger partial charge in [0.15, 0.2) is 0 Å². The standard InChI is InChI=1S/C8H7ClN2S2/c1-4-5(2)12-3-6(4)7-10-8(9)11-13-7/h3H,1-2H3. The van der Waals surface area contributed by atoms with Crippen molar-refractivity contribution in [2.24, 2.45) is 0 Å². The molecule has 0 spiro atoms. The molecule has 0 saturated carbocycles. The van der Waals surface area contributed by atoms with E-state index in [2.05, 4.69) is 28.6 Å². The molecule has 0 atom stereocenters. The minimum atomic E-state index is 0.336. The van der Waals surface area contributed by atoms with Crippen LogP contribution in [-0.2, 0) is 0 Å². The first-order chi connectivity index (χ1) is 6.18. The van der Waals surface area contributed by atoms with Gasteiger partial charge in [-0.05, 0) is 42.5 Å². The van der Waals surface area contributed by atoms with Gasteiger partial charge in [-0.2, -0.15) is 4.37 Å². The third kappa shape index (κ3) is 1.61. The van der Waals surface area contributed by atoms with Gasteiger partial charge in [0, 0.05) is 15.8 Å². The van der Waals surface area contributed by atoms with Crippen molar-refractivity contribution in [2.45, 2.75) is 13.8 Å². The average molecular weight is 231 g/mol. The van der Waals surface area contributed by atoms with E-state index in [4.69, 9.17) is 11.6 Å². The molecule has 2 aromatic heterocycles. The molecule has 2 aromatic rings. The van der Waals surface area contributed by atoms with Crippen molar-refractivity contribution >= 4 is 34.5 Å². The van der Waals surface area contributed by atoms with E-state index in [1.807, 2.05) is 0 Å². The molecule has 5 heteroatoms. The summed E-state index contributed by atoms with van der Waals surface area (Å²) in [7, 11) is 0. The fraction of sp³-hybridized carbons (Fsp3) is 0.250. The van der Waals surface area contributed by atoms with Gasteiger partial charge < -0.3 is 0 Å². The highest BCUT2D eigenvalue weighted by Crippen LogP contribution is 2.31. The molecule has 2 heterocycles. The van der Waals surface area contributed by atoms with Crippen molar-refractivity contribution in [3.63, 3.8) is 0 Å². The Labute approximate surface area is 89.4 Å². The molecule has 0 N–H and O–H groups in total. The van der Waals surface area contributed by atoms with E-state index >= 15 is 0 Å². The molecule has 0 amide bonds. The molecule has 0 saturated heterocycles. The first kappa shape index (κ1) is 9.12. The number of thiophene rings is 1. The lowest BCUT2D eigenvalue weighted by Gasteiger charge is -1.92. The SMILES string of the molecule is Cc1scc(-c2nc(Cl)ns2)c1C. The summed E-state index contributed by atoms with van der Waals surface area (Å²) in [5.74, 6) is 0. The normalized spacial score (nSPS) is 10.7. The van der Waals surface area contributed by atoms with Crippen molar-refractivity contribution in [1.82, 2.24) is 9.36 Å². The number of nitrogens with zero attached hydrogens (tertiary/aromatic N) is 2. The molecule has 2 nitrogen and oxygen atoms in total. The summed E-state index contributed by atoms with van der Waals surface area (Å²) in [6.45, 7) is 4.20. The Balaban J connectivity index is 2.52. The number of aromatic nitrogens is 2. The van der Waals surface area contributed by atoms with Gasteiger partial charge in [0.05, 0.1) is 0 Å². The summed E-state index contributed by atoms with van der Waals surface area (Å²) in [5, 5.41) is 3.34. The average Bonchev–Trinajstić information content (AvgIpc) is 2.62. The van der Waals surface area contributed by atoms with Crippen LogP contribution >= 0.6 is 34.5 Å². The molecule has 0 bridgehead atoms. The molecule has 0 aliphatic carbocycles. The molecule has 0 aromatic carbocycles. The number of hydrogen-bond donors (Lipinski definition) is 0. The van der Waals surface area contributed by atoms with Crippen LogP contribution in [0.1, 0.15) is 10.4 Å². The zero-order valence-electron chi connectivity index (χ0n) is 7.17. The van der Waals surface area contributed by atoms with Crippen molar-refractivity contribution in [2.75, 3.05) is 0 Å². The molecule has 0 radical (unpaired) electrons. The van der Waals surface area contributed by atoms with Gasteiger partial charge in [-0.25, -0.2) is 4.98 Å². The maximum absolute atomic E-state index is 5.66. The van der Waals surface area contributed by atoms with Crippen LogP contribution in [0.25, 0.3) is 10.6 Å². The Morgan fingerprint density at radius 1 is 1.38 bits per heavy atom. The lowest BCUT2D eigenvalue weighted by atomic mass is 10.2. The zero-order chi connectivity index (χ0) is 9.42. The van der Waals surface area contributed by atoms with Gasteiger partial charge in [0.1, 0.15) is 5.01 Å². The number of hydrogen-bond acceptors (Lipinski definition) is 4. The Hall–Kier alpha value is -0.450. The fourth-order valence-corrected chi connectivity index (χ4v) is 2.86. The van der Waals surface area contributed by atoms with Crippen LogP contribution in [0, 0.1) is 13.8 Å². The summed E-state index contributed by atoms with van der Waals surface area (Å²) in [6.07, 6.45) is 0. The van der Waals surface area contributed by atoms with Crippen LogP contribution in [0.3, 0.4) is 0 Å². The second-order valence-corrected chi connectivity index (χ2v) is 4.87. The van der Waals surface area contributed by atoms with Gasteiger partial charge >= 0.3 is 0 Å². The molecule has 13 heavy (non-hydrogen) atoms. The third-order valence-electron chi connectivity index (χ3n) is 1.92. The van der Waals surface area contributed by atoms with Gasteiger partial charge in [0.2, 0.25) is 5.28 Å². The van der Waals surface area contributed by atoms with Crippen molar-refractivity contribution in [3.8, 4) is 10.6 Å². The van der Waals surface area contributed by atoms with Gasteiger partial charge in [-0.15, -0.1) is 11.3 Å². The zero-order valence-corrected chi connectivity index (χ0v) is 9.56. The second kappa shape index (κ2) is 3.36. The maximum atomic E-state index is 5.66. The third-order valence-corrected chi connectivity index (χ3v) is 3.95. The van der Waals surface area contributed by atoms with E-state index in [0.29, 0.717) is 5.28 Å². The first-order valence-electron chi connectivity index (χ1n) is 3.73. The molecule has 2 rings (SSSR count). The molecular formula is C8H7ClN2S2. The topological polar surface area (TPSA) is 25.8 Å². The summed E-state index contributed by atoms with van der Waals surface area (Å²) in [5.41, 5.74) is 2.43. The number of halogens is 1. The largest absolute Gasteiger partial charge is 0.234 e. The predicted octanol–water partition coefficient (Wildman–Crippen LogP) is 3.54. The van der Waals surface area contributed by atoms with Gasteiger partial charge in [-0.1, -0.05) is 0 Å². The summed E-state index contributed by atoms with van der Waals surface area (Å²) in [4.78, 5) is 5.46. The van der Waals surface area contributed by atoms with Crippen molar-refractivity contribution in [3.05, 3.63) is 21.1 Å². The smallest absolute Gasteiger partial charge is 0.205 e.